The first-order valence-electron chi connectivity index (χ1n) is 12.8. The Bertz CT molecular complexity index is 1040. The second-order valence-electron chi connectivity index (χ2n) is 11.5. The lowest BCUT2D eigenvalue weighted by Gasteiger charge is -2.40. The molecule has 0 saturated heterocycles. The van der Waals surface area contributed by atoms with Crippen LogP contribution in [0, 0.1) is 27.7 Å². The summed E-state index contributed by atoms with van der Waals surface area (Å²) in [5, 5.41) is 0.180. The Balaban J connectivity index is 2.01. The van der Waals surface area contributed by atoms with Crippen LogP contribution in [-0.2, 0) is 4.43 Å². The third-order valence-electron chi connectivity index (χ3n) is 8.18. The molecule has 0 aliphatic carbocycles. The van der Waals surface area contributed by atoms with Crippen LogP contribution in [0.2, 0.25) is 18.1 Å². The SMILES string of the molecule is Cc1cccc(C(CCC(O[Si](C)(C)C(C)(C)C)c2ccccc2)c2cccc(C)c2C)c1C. The molecule has 0 fully saturated rings. The van der Waals surface area contributed by atoms with Crippen LogP contribution in [0.5, 0.6) is 0 Å². The van der Waals surface area contributed by atoms with Gasteiger partial charge in [-0.05, 0) is 97.6 Å². The molecule has 2 heteroatoms. The van der Waals surface area contributed by atoms with Gasteiger partial charge in [0.2, 0.25) is 0 Å². The van der Waals surface area contributed by atoms with Gasteiger partial charge in [0.15, 0.2) is 8.32 Å². The summed E-state index contributed by atoms with van der Waals surface area (Å²) in [4.78, 5) is 0. The van der Waals surface area contributed by atoms with Crippen molar-refractivity contribution >= 4 is 8.32 Å². The molecule has 0 bridgehead atoms. The van der Waals surface area contributed by atoms with E-state index >= 15 is 0 Å². The van der Waals surface area contributed by atoms with Gasteiger partial charge in [-0.2, -0.15) is 0 Å². The predicted molar refractivity (Wildman–Crippen MR) is 150 cm³/mol. The fourth-order valence-corrected chi connectivity index (χ4v) is 5.91. The van der Waals surface area contributed by atoms with Gasteiger partial charge in [-0.1, -0.05) is 87.5 Å². The standard InChI is InChI=1S/C32H44OSi/c1-23-15-13-19-28(25(23)3)30(29-20-14-16-24(2)26(29)4)21-22-31(27-17-11-10-12-18-27)33-34(8,9)32(5,6)7/h10-20,30-31H,21-22H2,1-9H3. The summed E-state index contributed by atoms with van der Waals surface area (Å²) in [6.07, 6.45) is 2.17. The Hall–Kier alpha value is -2.16. The van der Waals surface area contributed by atoms with Crippen LogP contribution in [0.3, 0.4) is 0 Å². The topological polar surface area (TPSA) is 9.23 Å². The summed E-state index contributed by atoms with van der Waals surface area (Å²) < 4.78 is 7.06. The molecule has 0 spiro atoms. The van der Waals surface area contributed by atoms with Gasteiger partial charge in [0.05, 0.1) is 6.10 Å². The van der Waals surface area contributed by atoms with Crippen molar-refractivity contribution in [3.8, 4) is 0 Å². The lowest BCUT2D eigenvalue weighted by atomic mass is 9.80. The molecule has 34 heavy (non-hydrogen) atoms. The van der Waals surface area contributed by atoms with E-state index in [9.17, 15) is 0 Å². The molecule has 0 heterocycles. The minimum Gasteiger partial charge on any atom is -0.410 e. The molecule has 0 radical (unpaired) electrons. The molecule has 0 aliphatic heterocycles. The lowest BCUT2D eigenvalue weighted by molar-refractivity contribution is 0.169. The summed E-state index contributed by atoms with van der Waals surface area (Å²) in [5.41, 5.74) is 9.76. The molecule has 1 atom stereocenters. The van der Waals surface area contributed by atoms with E-state index in [4.69, 9.17) is 4.43 Å². The average molecular weight is 473 g/mol. The number of rotatable bonds is 8. The van der Waals surface area contributed by atoms with Crippen LogP contribution >= 0.6 is 0 Å². The number of benzene rings is 3. The van der Waals surface area contributed by atoms with E-state index in [2.05, 4.69) is 128 Å². The number of aryl methyl sites for hydroxylation is 2. The Labute approximate surface area is 209 Å². The molecule has 0 amide bonds. The van der Waals surface area contributed by atoms with E-state index in [0.717, 1.165) is 12.8 Å². The third kappa shape index (κ3) is 5.90. The monoisotopic (exact) mass is 472 g/mol. The van der Waals surface area contributed by atoms with Gasteiger partial charge in [-0.25, -0.2) is 0 Å². The van der Waals surface area contributed by atoms with Crippen LogP contribution in [0.25, 0.3) is 0 Å². The fraction of sp³-hybridized carbons (Fsp3) is 0.438. The summed E-state index contributed by atoms with van der Waals surface area (Å²) in [6.45, 7) is 20.8. The highest BCUT2D eigenvalue weighted by molar-refractivity contribution is 6.74. The maximum Gasteiger partial charge on any atom is 0.192 e. The molecular weight excluding hydrogens is 428 g/mol. The minimum absolute atomic E-state index is 0.111. The molecule has 0 aromatic heterocycles. The van der Waals surface area contributed by atoms with Crippen molar-refractivity contribution in [2.24, 2.45) is 0 Å². The van der Waals surface area contributed by atoms with Gasteiger partial charge in [-0.3, -0.25) is 0 Å². The highest BCUT2D eigenvalue weighted by Crippen LogP contribution is 2.43. The predicted octanol–water partition coefficient (Wildman–Crippen LogP) is 9.60. The smallest absolute Gasteiger partial charge is 0.192 e. The van der Waals surface area contributed by atoms with E-state index in [1.165, 1.54) is 38.9 Å². The first kappa shape index (κ1) is 26.4. The van der Waals surface area contributed by atoms with Gasteiger partial charge in [0.25, 0.3) is 0 Å². The van der Waals surface area contributed by atoms with Crippen LogP contribution in [0.15, 0.2) is 66.7 Å². The summed E-state index contributed by atoms with van der Waals surface area (Å²) in [7, 11) is -1.92. The summed E-state index contributed by atoms with van der Waals surface area (Å²) in [6, 6.07) is 24.4. The maximum absolute atomic E-state index is 7.06. The highest BCUT2D eigenvalue weighted by Gasteiger charge is 2.39. The number of hydrogen-bond acceptors (Lipinski definition) is 1. The van der Waals surface area contributed by atoms with Crippen LogP contribution in [-0.4, -0.2) is 8.32 Å². The van der Waals surface area contributed by atoms with Crippen molar-refractivity contribution in [1.82, 2.24) is 0 Å². The molecule has 182 valence electrons. The van der Waals surface area contributed by atoms with Crippen molar-refractivity contribution in [3.63, 3.8) is 0 Å². The van der Waals surface area contributed by atoms with Gasteiger partial charge in [0.1, 0.15) is 0 Å². The lowest BCUT2D eigenvalue weighted by Crippen LogP contribution is -2.41. The Morgan fingerprint density at radius 2 is 1.18 bits per heavy atom. The van der Waals surface area contributed by atoms with E-state index in [-0.39, 0.29) is 11.1 Å². The first-order chi connectivity index (χ1) is 15.9. The largest absolute Gasteiger partial charge is 0.410 e. The second kappa shape index (κ2) is 10.6. The average Bonchev–Trinajstić information content (AvgIpc) is 2.78. The van der Waals surface area contributed by atoms with Crippen LogP contribution in [0.1, 0.15) is 84.6 Å². The van der Waals surface area contributed by atoms with Crippen LogP contribution < -0.4 is 0 Å². The Morgan fingerprint density at radius 1 is 0.676 bits per heavy atom. The van der Waals surface area contributed by atoms with Crippen LogP contribution in [0.4, 0.5) is 0 Å². The van der Waals surface area contributed by atoms with Crippen molar-refractivity contribution < 1.29 is 4.43 Å². The van der Waals surface area contributed by atoms with Gasteiger partial charge in [-0.15, -0.1) is 0 Å². The van der Waals surface area contributed by atoms with Crippen molar-refractivity contribution in [3.05, 3.63) is 106 Å². The van der Waals surface area contributed by atoms with Crippen molar-refractivity contribution in [2.75, 3.05) is 0 Å². The maximum atomic E-state index is 7.06. The van der Waals surface area contributed by atoms with E-state index in [1.54, 1.807) is 0 Å². The van der Waals surface area contributed by atoms with E-state index in [1.807, 2.05) is 0 Å². The summed E-state index contributed by atoms with van der Waals surface area (Å²) >= 11 is 0. The zero-order chi connectivity index (χ0) is 25.1. The highest BCUT2D eigenvalue weighted by atomic mass is 28.4. The zero-order valence-corrected chi connectivity index (χ0v) is 23.8. The van der Waals surface area contributed by atoms with Gasteiger partial charge >= 0.3 is 0 Å². The molecule has 0 saturated carbocycles. The molecule has 1 unspecified atom stereocenters. The molecule has 0 aliphatic rings. The molecule has 3 aromatic carbocycles. The molecular formula is C32H44OSi. The normalized spacial score (nSPS) is 13.4. The molecule has 3 aromatic rings. The fourth-order valence-electron chi connectivity index (χ4n) is 4.59. The molecule has 1 nitrogen and oxygen atoms in total. The van der Waals surface area contributed by atoms with Gasteiger partial charge < -0.3 is 4.43 Å². The molecule has 3 rings (SSSR count). The first-order valence-corrected chi connectivity index (χ1v) is 15.7. The van der Waals surface area contributed by atoms with E-state index in [0.29, 0.717) is 5.92 Å². The number of hydrogen-bond donors (Lipinski definition) is 0. The third-order valence-corrected chi connectivity index (χ3v) is 12.7. The van der Waals surface area contributed by atoms with Crippen molar-refractivity contribution in [2.45, 2.75) is 91.5 Å². The quantitative estimate of drug-likeness (QED) is 0.296. The van der Waals surface area contributed by atoms with Gasteiger partial charge in [0, 0.05) is 5.92 Å². The van der Waals surface area contributed by atoms with E-state index < -0.39 is 8.32 Å². The minimum atomic E-state index is -1.92. The molecule has 0 N–H and O–H groups in total. The Morgan fingerprint density at radius 3 is 1.65 bits per heavy atom. The zero-order valence-electron chi connectivity index (χ0n) is 22.8. The second-order valence-corrected chi connectivity index (χ2v) is 16.2. The van der Waals surface area contributed by atoms with Crippen molar-refractivity contribution in [1.29, 1.82) is 0 Å². The Kier molecular flexibility index (Phi) is 8.26. The summed E-state index contributed by atoms with van der Waals surface area (Å²) in [5.74, 6) is 0.356.